The normalized spacial score (nSPS) is 14.0. The minimum atomic E-state index is -0.384. The molecule has 0 fully saturated rings. The van der Waals surface area contributed by atoms with Gasteiger partial charge in [0.1, 0.15) is 0 Å². The van der Waals surface area contributed by atoms with Crippen LogP contribution in [0.4, 0.5) is 5.69 Å². The molecule has 3 aromatic rings. The third-order valence-corrected chi connectivity index (χ3v) is 5.40. The third kappa shape index (κ3) is 2.36. The lowest BCUT2D eigenvalue weighted by molar-refractivity contribution is 0.0693. The quantitative estimate of drug-likeness (QED) is 0.548. The van der Waals surface area contributed by atoms with Gasteiger partial charge in [-0.25, -0.2) is 0 Å². The second-order valence-electron chi connectivity index (χ2n) is 7.09. The summed E-state index contributed by atoms with van der Waals surface area (Å²) in [4.78, 5) is 37.9. The number of imide groups is 1. The van der Waals surface area contributed by atoms with Gasteiger partial charge in [0.25, 0.3) is 17.7 Å². The fraction of sp³-hybridized carbons (Fsp3) is 0.0870. The average Bonchev–Trinajstić information content (AvgIpc) is 3.18. The number of carbonyl (C=O) groups is 3. The summed E-state index contributed by atoms with van der Waals surface area (Å²) in [7, 11) is 1.44. The van der Waals surface area contributed by atoms with Gasteiger partial charge in [0, 0.05) is 18.3 Å². The molecule has 3 aromatic carbocycles. The molecular formula is C23H16N2O3. The van der Waals surface area contributed by atoms with Gasteiger partial charge in [-0.05, 0) is 59.0 Å². The second kappa shape index (κ2) is 5.89. The number of fused-ring (bicyclic) bond motifs is 4. The van der Waals surface area contributed by atoms with E-state index in [-0.39, 0.29) is 23.3 Å². The van der Waals surface area contributed by atoms with Crippen LogP contribution in [0, 0.1) is 0 Å². The van der Waals surface area contributed by atoms with Crippen LogP contribution in [-0.4, -0.2) is 29.7 Å². The van der Waals surface area contributed by atoms with Crippen molar-refractivity contribution in [3.8, 4) is 11.1 Å². The Morgan fingerprint density at radius 3 is 2.39 bits per heavy atom. The highest BCUT2D eigenvalue weighted by molar-refractivity contribution is 6.22. The van der Waals surface area contributed by atoms with Gasteiger partial charge < -0.3 is 5.32 Å². The predicted molar refractivity (Wildman–Crippen MR) is 106 cm³/mol. The topological polar surface area (TPSA) is 66.5 Å². The van der Waals surface area contributed by atoms with Crippen molar-refractivity contribution in [3.63, 3.8) is 0 Å². The van der Waals surface area contributed by atoms with Crippen molar-refractivity contribution in [1.29, 1.82) is 0 Å². The van der Waals surface area contributed by atoms with Crippen molar-refractivity contribution in [2.75, 3.05) is 12.4 Å². The van der Waals surface area contributed by atoms with Crippen LogP contribution in [0.3, 0.4) is 0 Å². The van der Waals surface area contributed by atoms with Crippen LogP contribution in [0.2, 0.25) is 0 Å². The lowest BCUT2D eigenvalue weighted by atomic mass is 10.0. The number of hydrogen-bond acceptors (Lipinski definition) is 3. The molecule has 5 heteroatoms. The van der Waals surface area contributed by atoms with Crippen molar-refractivity contribution in [1.82, 2.24) is 4.90 Å². The molecule has 0 aromatic heterocycles. The van der Waals surface area contributed by atoms with Gasteiger partial charge in [-0.2, -0.15) is 0 Å². The molecule has 1 N–H and O–H groups in total. The van der Waals surface area contributed by atoms with Crippen LogP contribution >= 0.6 is 0 Å². The van der Waals surface area contributed by atoms with E-state index in [1.54, 1.807) is 6.07 Å². The summed E-state index contributed by atoms with van der Waals surface area (Å²) in [6, 6.07) is 18.8. The lowest BCUT2D eigenvalue weighted by Crippen LogP contribution is -2.24. The molecule has 0 bridgehead atoms. The molecule has 0 saturated heterocycles. The molecule has 1 aliphatic heterocycles. The van der Waals surface area contributed by atoms with Gasteiger partial charge in [-0.3, -0.25) is 19.3 Å². The maximum Gasteiger partial charge on any atom is 0.261 e. The molecule has 1 heterocycles. The van der Waals surface area contributed by atoms with Gasteiger partial charge in [-0.15, -0.1) is 0 Å². The first-order valence-corrected chi connectivity index (χ1v) is 9.02. The average molecular weight is 368 g/mol. The first-order chi connectivity index (χ1) is 13.5. The van der Waals surface area contributed by atoms with E-state index in [0.29, 0.717) is 16.8 Å². The zero-order valence-electron chi connectivity index (χ0n) is 15.2. The fourth-order valence-corrected chi connectivity index (χ4v) is 3.93. The van der Waals surface area contributed by atoms with Crippen molar-refractivity contribution in [2.45, 2.75) is 6.42 Å². The highest BCUT2D eigenvalue weighted by Gasteiger charge is 2.33. The molecule has 0 spiro atoms. The lowest BCUT2D eigenvalue weighted by Gasteiger charge is -2.08. The Hall–Kier alpha value is -3.73. The highest BCUT2D eigenvalue weighted by Crippen LogP contribution is 2.37. The number of hydrogen-bond donors (Lipinski definition) is 1. The fourth-order valence-electron chi connectivity index (χ4n) is 3.93. The van der Waals surface area contributed by atoms with E-state index in [1.807, 2.05) is 30.3 Å². The van der Waals surface area contributed by atoms with Crippen LogP contribution in [0.15, 0.2) is 60.7 Å². The Bertz CT molecular complexity index is 1200. The molecule has 0 unspecified atom stereocenters. The minimum absolute atomic E-state index is 0.268. The molecule has 136 valence electrons. The summed E-state index contributed by atoms with van der Waals surface area (Å²) in [5, 5.41) is 2.89. The Morgan fingerprint density at radius 1 is 0.821 bits per heavy atom. The van der Waals surface area contributed by atoms with Crippen LogP contribution in [0.25, 0.3) is 11.1 Å². The summed E-state index contributed by atoms with van der Waals surface area (Å²) in [5.74, 6) is -1.04. The predicted octanol–water partition coefficient (Wildman–Crippen LogP) is 3.74. The van der Waals surface area contributed by atoms with Crippen molar-refractivity contribution in [2.24, 2.45) is 0 Å². The smallest absolute Gasteiger partial charge is 0.261 e. The SMILES string of the molecule is CN1C(=O)c2ccc(C(=O)Nc3ccc4c(c3)Cc3ccccc3-4)cc2C1=O. The first kappa shape index (κ1) is 16.4. The van der Waals surface area contributed by atoms with E-state index in [2.05, 4.69) is 17.4 Å². The van der Waals surface area contributed by atoms with E-state index in [1.165, 1.54) is 41.4 Å². The number of nitrogens with one attached hydrogen (secondary N) is 1. The van der Waals surface area contributed by atoms with Gasteiger partial charge in [-0.1, -0.05) is 30.3 Å². The Kier molecular flexibility index (Phi) is 3.46. The van der Waals surface area contributed by atoms with Gasteiger partial charge in [0.05, 0.1) is 11.1 Å². The van der Waals surface area contributed by atoms with Crippen LogP contribution in [0.5, 0.6) is 0 Å². The Morgan fingerprint density at radius 2 is 1.54 bits per heavy atom. The molecule has 2 aliphatic rings. The Labute approximate surface area is 161 Å². The number of benzene rings is 3. The molecule has 1 aliphatic carbocycles. The number of amides is 3. The van der Waals surface area contributed by atoms with Crippen LogP contribution < -0.4 is 5.32 Å². The Balaban J connectivity index is 1.41. The number of anilines is 1. The summed E-state index contributed by atoms with van der Waals surface area (Å²) >= 11 is 0. The zero-order chi connectivity index (χ0) is 19.4. The minimum Gasteiger partial charge on any atom is -0.322 e. The van der Waals surface area contributed by atoms with Crippen LogP contribution in [0.1, 0.15) is 42.2 Å². The summed E-state index contributed by atoms with van der Waals surface area (Å²) in [5.41, 5.74) is 6.54. The maximum atomic E-state index is 12.7. The molecule has 5 rings (SSSR count). The standard InChI is InChI=1S/C23H16N2O3/c1-25-22(27)19-8-6-14(12-20(19)23(25)28)21(26)24-16-7-9-18-15(11-16)10-13-4-2-3-5-17(13)18/h2-9,11-12H,10H2,1H3,(H,24,26). The number of nitrogens with zero attached hydrogens (tertiary/aromatic N) is 1. The van der Waals surface area contributed by atoms with Crippen LogP contribution in [-0.2, 0) is 6.42 Å². The summed E-state index contributed by atoms with van der Waals surface area (Å²) < 4.78 is 0. The third-order valence-electron chi connectivity index (χ3n) is 5.40. The summed E-state index contributed by atoms with van der Waals surface area (Å²) in [6.07, 6.45) is 0.844. The zero-order valence-corrected chi connectivity index (χ0v) is 15.2. The summed E-state index contributed by atoms with van der Waals surface area (Å²) in [6.45, 7) is 0. The van der Waals surface area contributed by atoms with E-state index in [0.717, 1.165) is 11.3 Å². The van der Waals surface area contributed by atoms with Crippen molar-refractivity contribution >= 4 is 23.4 Å². The molecule has 0 atom stereocenters. The van der Waals surface area contributed by atoms with Crippen molar-refractivity contribution in [3.05, 3.63) is 88.5 Å². The maximum absolute atomic E-state index is 12.7. The van der Waals surface area contributed by atoms with Gasteiger partial charge >= 0.3 is 0 Å². The number of rotatable bonds is 2. The molecule has 0 saturated carbocycles. The van der Waals surface area contributed by atoms with Gasteiger partial charge in [0.15, 0.2) is 0 Å². The molecule has 28 heavy (non-hydrogen) atoms. The first-order valence-electron chi connectivity index (χ1n) is 9.02. The molecule has 0 radical (unpaired) electrons. The van der Waals surface area contributed by atoms with Gasteiger partial charge in [0.2, 0.25) is 0 Å². The second-order valence-corrected chi connectivity index (χ2v) is 7.09. The highest BCUT2D eigenvalue weighted by atomic mass is 16.2. The molecule has 5 nitrogen and oxygen atoms in total. The van der Waals surface area contributed by atoms with E-state index in [4.69, 9.17) is 0 Å². The largest absolute Gasteiger partial charge is 0.322 e. The molecule has 3 amide bonds. The van der Waals surface area contributed by atoms with E-state index < -0.39 is 0 Å². The van der Waals surface area contributed by atoms with E-state index >= 15 is 0 Å². The van der Waals surface area contributed by atoms with E-state index in [9.17, 15) is 14.4 Å². The van der Waals surface area contributed by atoms with Crippen molar-refractivity contribution < 1.29 is 14.4 Å². The molecular weight excluding hydrogens is 352 g/mol. The number of carbonyl (C=O) groups excluding carboxylic acids is 3. The monoisotopic (exact) mass is 368 g/mol.